The Kier molecular flexibility index (Phi) is 4.01. The molecule has 2 N–H and O–H groups in total. The number of pyridine rings is 1. The summed E-state index contributed by atoms with van der Waals surface area (Å²) in [5, 5.41) is 12.0. The van der Waals surface area contributed by atoms with Gasteiger partial charge in [-0.2, -0.15) is 5.10 Å². The molecule has 0 aromatic carbocycles. The van der Waals surface area contributed by atoms with E-state index in [0.29, 0.717) is 0 Å². The molecule has 3 rings (SSSR count). The van der Waals surface area contributed by atoms with Crippen LogP contribution < -0.4 is 10.6 Å². The van der Waals surface area contributed by atoms with Crippen LogP contribution in [0.15, 0.2) is 24.5 Å². The predicted molar refractivity (Wildman–Crippen MR) is 87.0 cm³/mol. The molecule has 3 aromatic heterocycles. The zero-order valence-corrected chi connectivity index (χ0v) is 12.9. The number of nitrogens with zero attached hydrogens (tertiary/aromatic N) is 4. The molecule has 0 aliphatic rings. The Morgan fingerprint density at radius 1 is 1.29 bits per heavy atom. The Bertz CT molecular complexity index is 683. The van der Waals surface area contributed by atoms with Crippen molar-refractivity contribution in [3.05, 3.63) is 30.2 Å². The van der Waals surface area contributed by atoms with Crippen LogP contribution in [0, 0.1) is 6.92 Å². The van der Waals surface area contributed by atoms with Crippen LogP contribution in [0.3, 0.4) is 0 Å². The Morgan fingerprint density at radius 2 is 2.14 bits per heavy atom. The molecule has 6 nitrogen and oxygen atoms in total. The predicted octanol–water partition coefficient (Wildman–Crippen LogP) is 2.65. The number of hydrogen-bond donors (Lipinski definition) is 2. The van der Waals surface area contributed by atoms with Crippen LogP contribution in [-0.4, -0.2) is 32.8 Å². The fourth-order valence-electron chi connectivity index (χ4n) is 2.14. The Morgan fingerprint density at radius 3 is 2.90 bits per heavy atom. The zero-order valence-electron chi connectivity index (χ0n) is 12.1. The van der Waals surface area contributed by atoms with E-state index in [4.69, 9.17) is 0 Å². The summed E-state index contributed by atoms with van der Waals surface area (Å²) in [4.78, 5) is 8.64. The maximum Gasteiger partial charge on any atom is 0.185 e. The monoisotopic (exact) mass is 302 g/mol. The molecule has 0 fully saturated rings. The van der Waals surface area contributed by atoms with Gasteiger partial charge in [0.25, 0.3) is 0 Å². The average Bonchev–Trinajstić information content (AvgIpc) is 3.02. The average molecular weight is 302 g/mol. The van der Waals surface area contributed by atoms with Crippen molar-refractivity contribution >= 4 is 32.5 Å². The van der Waals surface area contributed by atoms with Crippen molar-refractivity contribution in [1.29, 1.82) is 0 Å². The van der Waals surface area contributed by atoms with E-state index in [0.717, 1.165) is 46.4 Å². The molecule has 0 spiro atoms. The number of nitrogens with one attached hydrogen (secondary N) is 2. The minimum Gasteiger partial charge on any atom is -0.384 e. The smallest absolute Gasteiger partial charge is 0.185 e. The molecule has 0 bridgehead atoms. The second kappa shape index (κ2) is 6.09. The fourth-order valence-corrected chi connectivity index (χ4v) is 3.10. The lowest BCUT2D eigenvalue weighted by molar-refractivity contribution is 0.774. The molecular weight excluding hydrogens is 284 g/mol. The van der Waals surface area contributed by atoms with Gasteiger partial charge in [0.1, 0.15) is 0 Å². The van der Waals surface area contributed by atoms with Crippen LogP contribution in [-0.2, 0) is 7.05 Å². The van der Waals surface area contributed by atoms with E-state index in [9.17, 15) is 0 Å². The van der Waals surface area contributed by atoms with Crippen LogP contribution in [0.2, 0.25) is 0 Å². The second-order valence-corrected chi connectivity index (χ2v) is 5.83. The van der Waals surface area contributed by atoms with E-state index in [-0.39, 0.29) is 0 Å². The normalized spacial score (nSPS) is 11.0. The minimum absolute atomic E-state index is 0.888. The molecule has 7 heteroatoms. The highest BCUT2D eigenvalue weighted by Gasteiger charge is 2.10. The van der Waals surface area contributed by atoms with E-state index < -0.39 is 0 Å². The Hall–Kier alpha value is -2.15. The van der Waals surface area contributed by atoms with Crippen molar-refractivity contribution in [2.45, 2.75) is 13.3 Å². The highest BCUT2D eigenvalue weighted by molar-refractivity contribution is 7.22. The Labute approximate surface area is 127 Å². The van der Waals surface area contributed by atoms with Gasteiger partial charge in [0.15, 0.2) is 10.8 Å². The first-order valence-corrected chi connectivity index (χ1v) is 7.73. The molecule has 21 heavy (non-hydrogen) atoms. The van der Waals surface area contributed by atoms with E-state index in [1.807, 2.05) is 37.0 Å². The van der Waals surface area contributed by atoms with Gasteiger partial charge in [-0.25, -0.2) is 9.67 Å². The van der Waals surface area contributed by atoms with Crippen LogP contribution >= 0.6 is 11.3 Å². The van der Waals surface area contributed by atoms with E-state index >= 15 is 0 Å². The van der Waals surface area contributed by atoms with E-state index in [2.05, 4.69) is 25.7 Å². The van der Waals surface area contributed by atoms with Gasteiger partial charge in [0.2, 0.25) is 0 Å². The number of rotatable bonds is 6. The van der Waals surface area contributed by atoms with Gasteiger partial charge in [-0.05, 0) is 25.5 Å². The summed E-state index contributed by atoms with van der Waals surface area (Å²) in [6.45, 7) is 3.81. The molecule has 0 unspecified atom stereocenters. The molecule has 0 radical (unpaired) electrons. The van der Waals surface area contributed by atoms with Crippen molar-refractivity contribution in [1.82, 2.24) is 19.7 Å². The van der Waals surface area contributed by atoms with Crippen LogP contribution in [0.5, 0.6) is 0 Å². The fraction of sp³-hybridized carbons (Fsp3) is 0.357. The summed E-state index contributed by atoms with van der Waals surface area (Å²) in [5.74, 6) is 0. The number of thiazole rings is 1. The third-order valence-corrected chi connectivity index (χ3v) is 4.28. The Balaban J connectivity index is 1.47. The van der Waals surface area contributed by atoms with Gasteiger partial charge >= 0.3 is 0 Å². The lowest BCUT2D eigenvalue weighted by Crippen LogP contribution is -2.09. The summed E-state index contributed by atoms with van der Waals surface area (Å²) in [7, 11) is 1.93. The summed E-state index contributed by atoms with van der Waals surface area (Å²) < 4.78 is 2.99. The molecule has 110 valence electrons. The summed E-state index contributed by atoms with van der Waals surface area (Å²) in [6, 6.07) is 3.95. The summed E-state index contributed by atoms with van der Waals surface area (Å²) in [5.41, 5.74) is 3.05. The summed E-state index contributed by atoms with van der Waals surface area (Å²) >= 11 is 1.66. The van der Waals surface area contributed by atoms with Crippen molar-refractivity contribution in [2.24, 2.45) is 7.05 Å². The maximum absolute atomic E-state index is 4.57. The van der Waals surface area contributed by atoms with Crippen molar-refractivity contribution in [3.63, 3.8) is 0 Å². The van der Waals surface area contributed by atoms with Gasteiger partial charge in [-0.1, -0.05) is 11.3 Å². The first-order chi connectivity index (χ1) is 10.2. The van der Waals surface area contributed by atoms with Crippen LogP contribution in [0.4, 0.5) is 10.8 Å². The molecule has 0 atom stereocenters. The SMILES string of the molecule is Cc1nn(C)c2nc(NCCCNc3cccnc3)sc12. The van der Waals surface area contributed by atoms with Gasteiger partial charge in [0.05, 0.1) is 16.1 Å². The third-order valence-electron chi connectivity index (χ3n) is 3.16. The molecule has 0 aliphatic carbocycles. The largest absolute Gasteiger partial charge is 0.384 e. The van der Waals surface area contributed by atoms with Gasteiger partial charge < -0.3 is 10.6 Å². The minimum atomic E-state index is 0.888. The van der Waals surface area contributed by atoms with Crippen LogP contribution in [0.1, 0.15) is 12.1 Å². The number of fused-ring (bicyclic) bond motifs is 1. The number of anilines is 2. The lowest BCUT2D eigenvalue weighted by atomic mass is 10.4. The van der Waals surface area contributed by atoms with Gasteiger partial charge in [-0.3, -0.25) is 4.98 Å². The molecule has 3 aromatic rings. The standard InChI is InChI=1S/C14H18N6S/c1-10-12-13(20(2)19-10)18-14(21-12)17-8-4-7-16-11-5-3-6-15-9-11/h3,5-6,9,16H,4,7-8H2,1-2H3,(H,17,18). The van der Waals surface area contributed by atoms with E-state index in [1.165, 1.54) is 0 Å². The first kappa shape index (κ1) is 13.8. The topological polar surface area (TPSA) is 67.7 Å². The van der Waals surface area contributed by atoms with Gasteiger partial charge in [-0.15, -0.1) is 0 Å². The number of hydrogen-bond acceptors (Lipinski definition) is 6. The molecule has 0 saturated heterocycles. The van der Waals surface area contributed by atoms with Crippen molar-refractivity contribution < 1.29 is 0 Å². The molecule has 0 aliphatic heterocycles. The third kappa shape index (κ3) is 3.13. The van der Waals surface area contributed by atoms with Crippen molar-refractivity contribution in [2.75, 3.05) is 23.7 Å². The lowest BCUT2D eigenvalue weighted by Gasteiger charge is -2.05. The number of aromatic nitrogens is 4. The first-order valence-electron chi connectivity index (χ1n) is 6.92. The maximum atomic E-state index is 4.57. The zero-order chi connectivity index (χ0) is 14.7. The molecular formula is C14H18N6S. The quantitative estimate of drug-likeness (QED) is 0.685. The molecule has 0 saturated carbocycles. The second-order valence-electron chi connectivity index (χ2n) is 4.83. The summed E-state index contributed by atoms with van der Waals surface area (Å²) in [6.07, 6.45) is 4.62. The van der Waals surface area contributed by atoms with Gasteiger partial charge in [0, 0.05) is 32.5 Å². The van der Waals surface area contributed by atoms with Crippen molar-refractivity contribution in [3.8, 4) is 0 Å². The van der Waals surface area contributed by atoms with Crippen LogP contribution in [0.25, 0.3) is 10.3 Å². The molecule has 0 amide bonds. The number of aryl methyl sites for hydroxylation is 2. The van der Waals surface area contributed by atoms with E-state index in [1.54, 1.807) is 17.5 Å². The molecule has 3 heterocycles. The highest BCUT2D eigenvalue weighted by Crippen LogP contribution is 2.27. The highest BCUT2D eigenvalue weighted by atomic mass is 32.1.